The first-order valence-corrected chi connectivity index (χ1v) is 12.3. The van der Waals surface area contributed by atoms with E-state index < -0.39 is 0 Å². The summed E-state index contributed by atoms with van der Waals surface area (Å²) < 4.78 is 7.36. The molecule has 0 radical (unpaired) electrons. The van der Waals surface area contributed by atoms with Gasteiger partial charge in [0.2, 0.25) is 0 Å². The molecular formula is C27H33N9O2. The molecule has 0 spiro atoms. The minimum absolute atomic E-state index is 0.0388. The highest BCUT2D eigenvalue weighted by Gasteiger charge is 2.25. The lowest BCUT2D eigenvalue weighted by molar-refractivity contribution is 0.0988. The minimum atomic E-state index is -0.262. The molecule has 4 aromatic rings. The number of carbonyl (C=O) groups excluding carboxylic acids is 1. The van der Waals surface area contributed by atoms with Crippen molar-refractivity contribution in [2.75, 3.05) is 31.8 Å². The van der Waals surface area contributed by atoms with Crippen molar-refractivity contribution in [3.63, 3.8) is 0 Å². The van der Waals surface area contributed by atoms with Crippen molar-refractivity contribution in [3.05, 3.63) is 60.2 Å². The van der Waals surface area contributed by atoms with Gasteiger partial charge in [0.1, 0.15) is 12.1 Å². The molecular weight excluding hydrogens is 482 g/mol. The number of aromatic nitrogens is 6. The molecule has 38 heavy (non-hydrogen) atoms. The van der Waals surface area contributed by atoms with Crippen LogP contribution in [0.1, 0.15) is 43.2 Å². The monoisotopic (exact) mass is 515 g/mol. The average molecular weight is 516 g/mol. The lowest BCUT2D eigenvalue weighted by Crippen LogP contribution is -2.36. The topological polar surface area (TPSA) is 123 Å². The van der Waals surface area contributed by atoms with E-state index in [0.29, 0.717) is 46.6 Å². The number of nitrogens with zero attached hydrogens (tertiary/aromatic N) is 7. The number of benzene rings is 1. The van der Waals surface area contributed by atoms with Crippen LogP contribution >= 0.6 is 0 Å². The van der Waals surface area contributed by atoms with E-state index in [2.05, 4.69) is 54.6 Å². The smallest absolute Gasteiger partial charge is 0.184 e. The number of hydrogen-bond acceptors (Lipinski definition) is 10. The Balaban J connectivity index is 1.67. The van der Waals surface area contributed by atoms with Crippen LogP contribution < -0.4 is 15.4 Å². The summed E-state index contributed by atoms with van der Waals surface area (Å²) >= 11 is 0. The Morgan fingerprint density at radius 1 is 1.05 bits per heavy atom. The van der Waals surface area contributed by atoms with Crippen molar-refractivity contribution in [2.45, 2.75) is 32.7 Å². The summed E-state index contributed by atoms with van der Waals surface area (Å²) in [4.78, 5) is 23.6. The average Bonchev–Trinajstić information content (AvgIpc) is 3.34. The van der Waals surface area contributed by atoms with E-state index in [4.69, 9.17) is 4.74 Å². The van der Waals surface area contributed by atoms with Crippen LogP contribution in [0.4, 0.5) is 23.0 Å². The number of methoxy groups -OCH3 is 1. The molecule has 2 N–H and O–H groups in total. The summed E-state index contributed by atoms with van der Waals surface area (Å²) in [5, 5.41) is 19.7. The number of ether oxygens (including phenoxy) is 1. The van der Waals surface area contributed by atoms with E-state index in [-0.39, 0.29) is 11.3 Å². The Bertz CT molecular complexity index is 1430. The van der Waals surface area contributed by atoms with Gasteiger partial charge >= 0.3 is 0 Å². The van der Waals surface area contributed by atoms with Crippen molar-refractivity contribution in [1.82, 2.24) is 34.8 Å². The zero-order valence-corrected chi connectivity index (χ0v) is 22.8. The van der Waals surface area contributed by atoms with Gasteiger partial charge in [-0.3, -0.25) is 14.4 Å². The second kappa shape index (κ2) is 10.9. The van der Waals surface area contributed by atoms with E-state index >= 15 is 0 Å². The van der Waals surface area contributed by atoms with Crippen LogP contribution in [0.15, 0.2) is 48.9 Å². The number of anilines is 4. The fraction of sp³-hybridized carbons (Fsp3) is 0.333. The highest BCUT2D eigenvalue weighted by Crippen LogP contribution is 2.37. The molecule has 11 heteroatoms. The Morgan fingerprint density at radius 2 is 1.84 bits per heavy atom. The second-order valence-electron chi connectivity index (χ2n) is 9.53. The maximum atomic E-state index is 12.7. The largest absolute Gasteiger partial charge is 0.494 e. The summed E-state index contributed by atoms with van der Waals surface area (Å²) in [7, 11) is 7.40. The third-order valence-electron chi connectivity index (χ3n) is 6.52. The van der Waals surface area contributed by atoms with Gasteiger partial charge < -0.3 is 15.4 Å². The molecule has 0 aliphatic heterocycles. The standard InChI is InChI=1S/C27H33N9O2/c1-8-21(37)18-15-28-24(31-23-13-12-22(32-33-23)27(2,3)35(4)5)14-20(18)30-19-11-9-10-17(25(19)38-7)26-29-16-36(6)34-26/h9-16H,8H2,1-7H3,(H2,28,30,31,33). The predicted octanol–water partition coefficient (Wildman–Crippen LogP) is 4.55. The van der Waals surface area contributed by atoms with Gasteiger partial charge in [-0.05, 0) is 52.2 Å². The van der Waals surface area contributed by atoms with Gasteiger partial charge in [-0.2, -0.15) is 10.2 Å². The van der Waals surface area contributed by atoms with Gasteiger partial charge in [-0.15, -0.1) is 5.10 Å². The van der Waals surface area contributed by atoms with Gasteiger partial charge in [-0.1, -0.05) is 13.0 Å². The molecule has 0 saturated heterocycles. The van der Waals surface area contributed by atoms with Crippen molar-refractivity contribution in [3.8, 4) is 17.1 Å². The number of rotatable bonds is 10. The normalized spacial score (nSPS) is 11.5. The molecule has 0 amide bonds. The summed E-state index contributed by atoms with van der Waals surface area (Å²) in [6.45, 7) is 5.99. The lowest BCUT2D eigenvalue weighted by Gasteiger charge is -2.31. The number of hydrogen-bond donors (Lipinski definition) is 2. The molecule has 0 fully saturated rings. The molecule has 0 saturated carbocycles. The van der Waals surface area contributed by atoms with Gasteiger partial charge in [0, 0.05) is 25.7 Å². The van der Waals surface area contributed by atoms with Crippen LogP contribution in [0.3, 0.4) is 0 Å². The number of nitrogens with one attached hydrogen (secondary N) is 2. The van der Waals surface area contributed by atoms with Crippen molar-refractivity contribution >= 4 is 28.8 Å². The maximum absolute atomic E-state index is 12.7. The molecule has 3 heterocycles. The molecule has 0 bridgehead atoms. The van der Waals surface area contributed by atoms with Crippen LogP contribution in [0.25, 0.3) is 11.4 Å². The summed E-state index contributed by atoms with van der Waals surface area (Å²) in [5.41, 5.74) is 3.02. The van der Waals surface area contributed by atoms with Crippen LogP contribution in [-0.2, 0) is 12.6 Å². The quantitative estimate of drug-likeness (QED) is 0.291. The van der Waals surface area contributed by atoms with Crippen molar-refractivity contribution in [2.24, 2.45) is 7.05 Å². The van der Waals surface area contributed by atoms with Crippen molar-refractivity contribution in [1.29, 1.82) is 0 Å². The van der Waals surface area contributed by atoms with E-state index in [1.807, 2.05) is 51.4 Å². The van der Waals surface area contributed by atoms with E-state index in [9.17, 15) is 4.79 Å². The molecule has 11 nitrogen and oxygen atoms in total. The first kappa shape index (κ1) is 26.7. The summed E-state index contributed by atoms with van der Waals surface area (Å²) in [6, 6.07) is 11.2. The van der Waals surface area contributed by atoms with Gasteiger partial charge in [0.05, 0.1) is 40.8 Å². The Morgan fingerprint density at radius 3 is 2.45 bits per heavy atom. The highest BCUT2D eigenvalue weighted by atomic mass is 16.5. The van der Waals surface area contributed by atoms with Crippen LogP contribution in [0, 0.1) is 0 Å². The first-order valence-electron chi connectivity index (χ1n) is 12.3. The molecule has 0 atom stereocenters. The molecule has 4 rings (SSSR count). The Kier molecular flexibility index (Phi) is 7.67. The molecule has 1 aromatic carbocycles. The SMILES string of the molecule is CCC(=O)c1cnc(Nc2ccc(C(C)(C)N(C)C)nn2)cc1Nc1cccc(-c2ncn(C)n2)c1OC. The fourth-order valence-corrected chi connectivity index (χ4v) is 3.76. The fourth-order valence-electron chi connectivity index (χ4n) is 3.76. The van der Waals surface area contributed by atoms with Crippen LogP contribution in [-0.4, -0.2) is 61.8 Å². The summed E-state index contributed by atoms with van der Waals surface area (Å²) in [5.74, 6) is 2.11. The predicted molar refractivity (Wildman–Crippen MR) is 147 cm³/mol. The second-order valence-corrected chi connectivity index (χ2v) is 9.53. The number of aryl methyl sites for hydroxylation is 1. The Hall–Kier alpha value is -4.38. The van der Waals surface area contributed by atoms with E-state index in [1.54, 1.807) is 37.4 Å². The third kappa shape index (κ3) is 5.47. The minimum Gasteiger partial charge on any atom is -0.494 e. The zero-order valence-electron chi connectivity index (χ0n) is 22.8. The third-order valence-corrected chi connectivity index (χ3v) is 6.52. The molecule has 3 aromatic heterocycles. The number of carbonyl (C=O) groups is 1. The number of para-hydroxylation sites is 1. The number of pyridine rings is 1. The van der Waals surface area contributed by atoms with E-state index in [0.717, 1.165) is 11.3 Å². The maximum Gasteiger partial charge on any atom is 0.184 e. The van der Waals surface area contributed by atoms with Gasteiger partial charge in [0.25, 0.3) is 0 Å². The first-order chi connectivity index (χ1) is 18.1. The number of Topliss-reactive ketones (excluding diaryl/α,β-unsaturated/α-hetero) is 1. The number of ketones is 1. The summed E-state index contributed by atoms with van der Waals surface area (Å²) in [6.07, 6.45) is 3.53. The van der Waals surface area contributed by atoms with E-state index in [1.165, 1.54) is 0 Å². The molecule has 0 aliphatic carbocycles. The zero-order chi connectivity index (χ0) is 27.4. The molecule has 198 valence electrons. The lowest BCUT2D eigenvalue weighted by atomic mass is 9.99. The van der Waals surface area contributed by atoms with Gasteiger partial charge in [0.15, 0.2) is 23.2 Å². The van der Waals surface area contributed by atoms with Crippen molar-refractivity contribution < 1.29 is 9.53 Å². The van der Waals surface area contributed by atoms with Gasteiger partial charge in [-0.25, -0.2) is 9.97 Å². The molecule has 0 unspecified atom stereocenters. The van der Waals surface area contributed by atoms with Crippen LogP contribution in [0.5, 0.6) is 5.75 Å². The Labute approximate surface area is 222 Å². The van der Waals surface area contributed by atoms with Crippen LogP contribution in [0.2, 0.25) is 0 Å². The molecule has 0 aliphatic rings. The highest BCUT2D eigenvalue weighted by molar-refractivity contribution is 6.02.